The molecule has 0 saturated carbocycles. The van der Waals surface area contributed by atoms with Crippen LogP contribution in [0.4, 0.5) is 0 Å². The van der Waals surface area contributed by atoms with Crippen molar-refractivity contribution in [3.8, 4) is 44.5 Å². The van der Waals surface area contributed by atoms with E-state index in [1.165, 1.54) is 132 Å². The molecule has 13 aromatic rings. The summed E-state index contributed by atoms with van der Waals surface area (Å²) in [5.41, 5.74) is 19.5. The topological polar surface area (TPSA) is 9.86 Å². The molecule has 11 aromatic carbocycles. The predicted molar refractivity (Wildman–Crippen MR) is 283 cm³/mol. The average Bonchev–Trinajstić information content (AvgIpc) is 3.97. The molecule has 0 aliphatic heterocycles. The van der Waals surface area contributed by atoms with Gasteiger partial charge in [-0.1, -0.05) is 182 Å². The highest BCUT2D eigenvalue weighted by Crippen LogP contribution is 2.57. The molecule has 1 aliphatic rings. The Morgan fingerprint density at radius 3 is 1.27 bits per heavy atom. The van der Waals surface area contributed by atoms with Crippen LogP contribution in [0, 0.1) is 0 Å². The van der Waals surface area contributed by atoms with E-state index in [-0.39, 0.29) is 0 Å². The van der Waals surface area contributed by atoms with Crippen molar-refractivity contribution in [1.29, 1.82) is 0 Å². The van der Waals surface area contributed by atoms with Crippen molar-refractivity contribution >= 4 is 65.2 Å². The van der Waals surface area contributed by atoms with Gasteiger partial charge in [-0.25, -0.2) is 0 Å². The highest BCUT2D eigenvalue weighted by molar-refractivity contribution is 6.20. The summed E-state index contributed by atoms with van der Waals surface area (Å²) in [6.07, 6.45) is 0. The van der Waals surface area contributed by atoms with E-state index in [1.54, 1.807) is 0 Å². The maximum Gasteiger partial charge on any atom is 0.0713 e. The number of aromatic nitrogens is 2. The van der Waals surface area contributed by atoms with Gasteiger partial charge < -0.3 is 9.13 Å². The van der Waals surface area contributed by atoms with Crippen molar-refractivity contribution in [2.75, 3.05) is 0 Å². The largest absolute Gasteiger partial charge is 0.344 e. The molecule has 314 valence electrons. The Morgan fingerprint density at radius 1 is 0.269 bits per heavy atom. The van der Waals surface area contributed by atoms with E-state index in [9.17, 15) is 0 Å². The molecular weight excluding hydrogens is 809 g/mol. The highest BCUT2D eigenvalue weighted by Gasteiger charge is 2.46. The Labute approximate surface area is 389 Å². The second-order valence-electron chi connectivity index (χ2n) is 18.5. The summed E-state index contributed by atoms with van der Waals surface area (Å²) in [4.78, 5) is 0. The fourth-order valence-electron chi connectivity index (χ4n) is 12.3. The van der Waals surface area contributed by atoms with Crippen molar-refractivity contribution in [1.82, 2.24) is 9.13 Å². The number of benzene rings is 11. The molecular formula is C65H44N2. The van der Waals surface area contributed by atoms with Crippen LogP contribution in [0.5, 0.6) is 0 Å². The molecule has 0 atom stereocenters. The molecule has 0 saturated heterocycles. The first-order valence-electron chi connectivity index (χ1n) is 23.4. The van der Waals surface area contributed by atoms with Gasteiger partial charge in [-0.2, -0.15) is 0 Å². The molecule has 67 heavy (non-hydrogen) atoms. The first-order chi connectivity index (χ1) is 33.1. The summed E-state index contributed by atoms with van der Waals surface area (Å²) in [6.45, 7) is 0. The smallest absolute Gasteiger partial charge is 0.0713 e. The van der Waals surface area contributed by atoms with Gasteiger partial charge >= 0.3 is 0 Å². The van der Waals surface area contributed by atoms with Gasteiger partial charge in [0.15, 0.2) is 0 Å². The van der Waals surface area contributed by atoms with Crippen LogP contribution in [-0.4, -0.2) is 9.13 Å². The van der Waals surface area contributed by atoms with Crippen LogP contribution in [0.3, 0.4) is 0 Å². The maximum absolute atomic E-state index is 2.53. The van der Waals surface area contributed by atoms with E-state index in [2.05, 4.69) is 254 Å². The zero-order chi connectivity index (χ0) is 44.4. The van der Waals surface area contributed by atoms with Gasteiger partial charge in [0.05, 0.1) is 5.41 Å². The molecule has 14 rings (SSSR count). The third-order valence-electron chi connectivity index (χ3n) is 15.2. The monoisotopic (exact) mass is 852 g/mol. The van der Waals surface area contributed by atoms with Crippen molar-refractivity contribution in [2.45, 2.75) is 5.41 Å². The molecule has 1 aliphatic carbocycles. The van der Waals surface area contributed by atoms with E-state index in [0.717, 1.165) is 0 Å². The number of rotatable bonds is 5. The standard InChI is InChI=1S/C65H44N2/c1-66-60-29-13-10-22-50(60)56-37-41(32-35-62(56)66)46-24-15-26-52-54(46)40-55-47(42-33-36-63-57(38-42)51-23-11-14-30-61(51)67(63)2)25-16-27-53(55)64(52)43-31-34-49-48-21-9-12-28-58(48)65(59(49)39-43,44-17-5-3-6-18-44)45-19-7-4-8-20-45/h3-40H,1-2H3. The van der Waals surface area contributed by atoms with Crippen molar-refractivity contribution in [3.63, 3.8) is 0 Å². The fraction of sp³-hybridized carbons (Fsp3) is 0.0462. The zero-order valence-electron chi connectivity index (χ0n) is 37.3. The summed E-state index contributed by atoms with van der Waals surface area (Å²) >= 11 is 0. The first kappa shape index (κ1) is 37.9. The van der Waals surface area contributed by atoms with E-state index in [4.69, 9.17) is 0 Å². The lowest BCUT2D eigenvalue weighted by atomic mass is 9.67. The third-order valence-corrected chi connectivity index (χ3v) is 15.2. The summed E-state index contributed by atoms with van der Waals surface area (Å²) in [7, 11) is 4.36. The number of nitrogens with zero attached hydrogens (tertiary/aromatic N) is 2. The van der Waals surface area contributed by atoms with Gasteiger partial charge in [0.2, 0.25) is 0 Å². The van der Waals surface area contributed by atoms with E-state index in [0.29, 0.717) is 0 Å². The molecule has 0 radical (unpaired) electrons. The predicted octanol–water partition coefficient (Wildman–Crippen LogP) is 16.6. The third kappa shape index (κ3) is 5.27. The Morgan fingerprint density at radius 2 is 0.701 bits per heavy atom. The SMILES string of the molecule is Cn1c2ccccc2c2cc(-c3cccc4c(-c5ccc6c(c5)C(c5ccccc5)(c5ccccc5)c5ccccc5-6)c5cccc(-c6ccc7c(c6)c6ccccc6n7C)c5cc34)ccc21. The number of hydrogen-bond donors (Lipinski definition) is 0. The molecule has 2 nitrogen and oxygen atoms in total. The van der Waals surface area contributed by atoms with Crippen LogP contribution in [0.1, 0.15) is 22.3 Å². The summed E-state index contributed by atoms with van der Waals surface area (Å²) in [6, 6.07) is 86.7. The number of aryl methyl sites for hydroxylation is 2. The lowest BCUT2D eigenvalue weighted by Gasteiger charge is -2.34. The second kappa shape index (κ2) is 14.3. The highest BCUT2D eigenvalue weighted by atomic mass is 14.9. The van der Waals surface area contributed by atoms with Crippen molar-refractivity contribution in [2.24, 2.45) is 14.1 Å². The molecule has 0 spiro atoms. The van der Waals surface area contributed by atoms with Gasteiger partial charge in [-0.15, -0.1) is 0 Å². The Kier molecular flexibility index (Phi) is 8.06. The van der Waals surface area contributed by atoms with Crippen LogP contribution >= 0.6 is 0 Å². The van der Waals surface area contributed by atoms with Crippen molar-refractivity contribution < 1.29 is 0 Å². The molecule has 2 heteroatoms. The molecule has 0 fully saturated rings. The minimum atomic E-state index is -0.511. The Balaban J connectivity index is 1.08. The van der Waals surface area contributed by atoms with Gasteiger partial charge in [-0.3, -0.25) is 0 Å². The van der Waals surface area contributed by atoms with Crippen LogP contribution in [0.2, 0.25) is 0 Å². The van der Waals surface area contributed by atoms with Crippen molar-refractivity contribution in [3.05, 3.63) is 253 Å². The Bertz CT molecular complexity index is 3950. The quantitative estimate of drug-likeness (QED) is 0.153. The summed E-state index contributed by atoms with van der Waals surface area (Å²) in [5, 5.41) is 10.1. The minimum Gasteiger partial charge on any atom is -0.344 e. The average molecular weight is 853 g/mol. The molecule has 2 heterocycles. The first-order valence-corrected chi connectivity index (χ1v) is 23.4. The van der Waals surface area contributed by atoms with Gasteiger partial charge in [-0.05, 0) is 137 Å². The molecule has 0 amide bonds. The number of para-hydroxylation sites is 2. The lowest BCUT2D eigenvalue weighted by Crippen LogP contribution is -2.28. The number of hydrogen-bond acceptors (Lipinski definition) is 0. The normalized spacial score (nSPS) is 13.0. The fourth-order valence-corrected chi connectivity index (χ4v) is 12.3. The van der Waals surface area contributed by atoms with Crippen LogP contribution in [0.25, 0.3) is 110 Å². The van der Waals surface area contributed by atoms with E-state index in [1.807, 2.05) is 0 Å². The van der Waals surface area contributed by atoms with Gasteiger partial charge in [0.25, 0.3) is 0 Å². The van der Waals surface area contributed by atoms with Gasteiger partial charge in [0.1, 0.15) is 0 Å². The molecule has 2 aromatic heterocycles. The zero-order valence-corrected chi connectivity index (χ0v) is 37.3. The van der Waals surface area contributed by atoms with E-state index >= 15 is 0 Å². The van der Waals surface area contributed by atoms with Gasteiger partial charge in [0, 0.05) is 57.7 Å². The molecule has 0 bridgehead atoms. The molecule has 0 unspecified atom stereocenters. The van der Waals surface area contributed by atoms with Crippen LogP contribution in [0.15, 0.2) is 231 Å². The molecule has 0 N–H and O–H groups in total. The van der Waals surface area contributed by atoms with E-state index < -0.39 is 5.41 Å². The minimum absolute atomic E-state index is 0.511. The Hall–Kier alpha value is -8.46. The van der Waals surface area contributed by atoms with Crippen LogP contribution in [-0.2, 0) is 19.5 Å². The summed E-state index contributed by atoms with van der Waals surface area (Å²) in [5.74, 6) is 0. The lowest BCUT2D eigenvalue weighted by molar-refractivity contribution is 0.769. The summed E-state index contributed by atoms with van der Waals surface area (Å²) < 4.78 is 4.64. The second-order valence-corrected chi connectivity index (χ2v) is 18.5. The maximum atomic E-state index is 2.53. The van der Waals surface area contributed by atoms with Crippen LogP contribution < -0.4 is 0 Å². The number of fused-ring (bicyclic) bond motifs is 11.